The third-order valence-electron chi connectivity index (χ3n) is 3.87. The van der Waals surface area contributed by atoms with Gasteiger partial charge in [0.25, 0.3) is 0 Å². The van der Waals surface area contributed by atoms with E-state index in [1.165, 1.54) is 38.5 Å². The smallest absolute Gasteiger partial charge is 0.240 e. The highest BCUT2D eigenvalue weighted by Crippen LogP contribution is 2.39. The Labute approximate surface area is 96.1 Å². The van der Waals surface area contributed by atoms with E-state index in [9.17, 15) is 0 Å². The van der Waals surface area contributed by atoms with Crippen LogP contribution in [0.2, 0.25) is 0 Å². The zero-order valence-electron chi connectivity index (χ0n) is 9.52. The SMILES string of the molecule is c1cnc(N2NCCC23CCCCC3)nc1. The first-order valence-corrected chi connectivity index (χ1v) is 6.22. The van der Waals surface area contributed by atoms with E-state index in [1.807, 2.05) is 18.5 Å². The quantitative estimate of drug-likeness (QED) is 0.781. The lowest BCUT2D eigenvalue weighted by Crippen LogP contribution is -2.50. The third-order valence-corrected chi connectivity index (χ3v) is 3.87. The standard InChI is InChI=1S/C12H18N4/c1-2-5-12(6-3-1)7-10-15-16(12)11-13-8-4-9-14-11/h4,8-9,15H,1-3,5-7,10H2. The highest BCUT2D eigenvalue weighted by atomic mass is 15.6. The summed E-state index contributed by atoms with van der Waals surface area (Å²) < 4.78 is 0. The number of hydrazine groups is 1. The van der Waals surface area contributed by atoms with Crippen molar-refractivity contribution in [2.45, 2.75) is 44.1 Å². The van der Waals surface area contributed by atoms with E-state index in [4.69, 9.17) is 0 Å². The molecule has 1 aliphatic heterocycles. The van der Waals surface area contributed by atoms with Gasteiger partial charge in [-0.3, -0.25) is 5.01 Å². The maximum absolute atomic E-state index is 4.36. The van der Waals surface area contributed by atoms with Gasteiger partial charge in [-0.05, 0) is 25.3 Å². The van der Waals surface area contributed by atoms with E-state index in [0.29, 0.717) is 5.54 Å². The maximum Gasteiger partial charge on any atom is 0.240 e. The summed E-state index contributed by atoms with van der Waals surface area (Å²) in [5, 5.41) is 2.23. The molecule has 4 nitrogen and oxygen atoms in total. The van der Waals surface area contributed by atoms with Crippen molar-refractivity contribution >= 4 is 5.95 Å². The van der Waals surface area contributed by atoms with Crippen LogP contribution in [-0.4, -0.2) is 22.1 Å². The van der Waals surface area contributed by atoms with Crippen LogP contribution < -0.4 is 10.4 Å². The first-order chi connectivity index (χ1) is 7.91. The van der Waals surface area contributed by atoms with Gasteiger partial charge in [0.2, 0.25) is 5.95 Å². The second-order valence-electron chi connectivity index (χ2n) is 4.83. The van der Waals surface area contributed by atoms with Crippen LogP contribution in [0.1, 0.15) is 38.5 Å². The zero-order chi connectivity index (χ0) is 10.8. The lowest BCUT2D eigenvalue weighted by molar-refractivity contribution is 0.290. The van der Waals surface area contributed by atoms with Crippen molar-refractivity contribution < 1.29 is 0 Å². The molecule has 1 aliphatic carbocycles. The predicted octanol–water partition coefficient (Wildman–Crippen LogP) is 1.89. The molecule has 86 valence electrons. The number of rotatable bonds is 1. The summed E-state index contributed by atoms with van der Waals surface area (Å²) in [5.74, 6) is 0.835. The summed E-state index contributed by atoms with van der Waals surface area (Å²) in [5.41, 5.74) is 3.73. The average Bonchev–Trinajstić information content (AvgIpc) is 2.75. The topological polar surface area (TPSA) is 41.1 Å². The highest BCUT2D eigenvalue weighted by Gasteiger charge is 2.43. The van der Waals surface area contributed by atoms with Crippen molar-refractivity contribution in [3.8, 4) is 0 Å². The summed E-state index contributed by atoms with van der Waals surface area (Å²) in [4.78, 5) is 8.73. The minimum Gasteiger partial charge on any atom is -0.270 e. The third kappa shape index (κ3) is 1.57. The van der Waals surface area contributed by atoms with Gasteiger partial charge < -0.3 is 0 Å². The van der Waals surface area contributed by atoms with Crippen LogP contribution in [0.4, 0.5) is 5.95 Å². The molecule has 0 aromatic carbocycles. The van der Waals surface area contributed by atoms with Crippen molar-refractivity contribution in [3.05, 3.63) is 18.5 Å². The Balaban J connectivity index is 1.89. The highest BCUT2D eigenvalue weighted by molar-refractivity contribution is 5.34. The molecule has 4 heteroatoms. The van der Waals surface area contributed by atoms with Gasteiger partial charge in [0.05, 0.1) is 5.54 Å². The number of nitrogens with zero attached hydrogens (tertiary/aromatic N) is 3. The summed E-state index contributed by atoms with van der Waals surface area (Å²) in [6.07, 6.45) is 11.5. The van der Waals surface area contributed by atoms with E-state index in [-0.39, 0.29) is 0 Å². The molecule has 16 heavy (non-hydrogen) atoms. The van der Waals surface area contributed by atoms with Crippen LogP contribution in [0.5, 0.6) is 0 Å². The average molecular weight is 218 g/mol. The molecule has 1 aromatic heterocycles. The minimum absolute atomic E-state index is 0.291. The van der Waals surface area contributed by atoms with Gasteiger partial charge >= 0.3 is 0 Å². The van der Waals surface area contributed by atoms with E-state index in [2.05, 4.69) is 20.4 Å². The zero-order valence-corrected chi connectivity index (χ0v) is 9.52. The van der Waals surface area contributed by atoms with E-state index in [1.54, 1.807) is 0 Å². The van der Waals surface area contributed by atoms with Crippen molar-refractivity contribution in [2.75, 3.05) is 11.6 Å². The second-order valence-corrected chi connectivity index (χ2v) is 4.83. The number of nitrogens with one attached hydrogen (secondary N) is 1. The Morgan fingerprint density at radius 2 is 1.81 bits per heavy atom. The molecule has 1 aromatic rings. The van der Waals surface area contributed by atoms with Gasteiger partial charge in [-0.15, -0.1) is 0 Å². The van der Waals surface area contributed by atoms with Crippen LogP contribution in [0.3, 0.4) is 0 Å². The van der Waals surface area contributed by atoms with Crippen LogP contribution in [-0.2, 0) is 0 Å². The molecule has 0 amide bonds. The fraction of sp³-hybridized carbons (Fsp3) is 0.667. The van der Waals surface area contributed by atoms with Crippen LogP contribution in [0.25, 0.3) is 0 Å². The molecule has 0 bridgehead atoms. The normalized spacial score (nSPS) is 23.9. The molecule has 0 atom stereocenters. The molecule has 3 rings (SSSR count). The van der Waals surface area contributed by atoms with Crippen molar-refractivity contribution in [1.29, 1.82) is 0 Å². The Kier molecular flexibility index (Phi) is 2.52. The molecule has 2 fully saturated rings. The Bertz CT molecular complexity index is 345. The summed E-state index contributed by atoms with van der Waals surface area (Å²) >= 11 is 0. The van der Waals surface area contributed by atoms with Gasteiger partial charge in [0, 0.05) is 18.9 Å². The first-order valence-electron chi connectivity index (χ1n) is 6.22. The number of aromatic nitrogens is 2. The Morgan fingerprint density at radius 1 is 1.06 bits per heavy atom. The largest absolute Gasteiger partial charge is 0.270 e. The van der Waals surface area contributed by atoms with Gasteiger partial charge in [-0.2, -0.15) is 0 Å². The molecule has 1 saturated heterocycles. The van der Waals surface area contributed by atoms with Crippen molar-refractivity contribution in [3.63, 3.8) is 0 Å². The van der Waals surface area contributed by atoms with Gasteiger partial charge in [0.15, 0.2) is 0 Å². The van der Waals surface area contributed by atoms with Crippen LogP contribution in [0.15, 0.2) is 18.5 Å². The number of hydrogen-bond donors (Lipinski definition) is 1. The van der Waals surface area contributed by atoms with Crippen LogP contribution in [0, 0.1) is 0 Å². The number of hydrogen-bond acceptors (Lipinski definition) is 4. The molecular formula is C12H18N4. The summed E-state index contributed by atoms with van der Waals surface area (Å²) in [7, 11) is 0. The molecule has 1 spiro atoms. The molecule has 2 heterocycles. The van der Waals surface area contributed by atoms with Gasteiger partial charge in [0.1, 0.15) is 0 Å². The fourth-order valence-electron chi connectivity index (χ4n) is 3.05. The molecule has 0 radical (unpaired) electrons. The molecule has 2 aliphatic rings. The van der Waals surface area contributed by atoms with E-state index in [0.717, 1.165) is 12.5 Å². The maximum atomic E-state index is 4.36. The van der Waals surface area contributed by atoms with Crippen LogP contribution >= 0.6 is 0 Å². The lowest BCUT2D eigenvalue weighted by Gasteiger charge is -2.40. The Hall–Kier alpha value is -1.16. The predicted molar refractivity (Wildman–Crippen MR) is 62.9 cm³/mol. The van der Waals surface area contributed by atoms with Gasteiger partial charge in [-0.25, -0.2) is 15.4 Å². The molecule has 1 saturated carbocycles. The van der Waals surface area contributed by atoms with Crippen molar-refractivity contribution in [1.82, 2.24) is 15.4 Å². The second kappa shape index (κ2) is 4.01. The molecular weight excluding hydrogens is 200 g/mol. The number of anilines is 1. The molecule has 1 N–H and O–H groups in total. The molecule has 0 unspecified atom stereocenters. The summed E-state index contributed by atoms with van der Waals surface area (Å²) in [6, 6.07) is 1.87. The van der Waals surface area contributed by atoms with E-state index >= 15 is 0 Å². The minimum atomic E-state index is 0.291. The summed E-state index contributed by atoms with van der Waals surface area (Å²) in [6.45, 7) is 1.05. The van der Waals surface area contributed by atoms with Crippen molar-refractivity contribution in [2.24, 2.45) is 0 Å². The van der Waals surface area contributed by atoms with E-state index < -0.39 is 0 Å². The monoisotopic (exact) mass is 218 g/mol. The fourth-order valence-corrected chi connectivity index (χ4v) is 3.05. The first kappa shape index (κ1) is 10.0. The lowest BCUT2D eigenvalue weighted by atomic mass is 9.80. The van der Waals surface area contributed by atoms with Gasteiger partial charge in [-0.1, -0.05) is 19.3 Å². The Morgan fingerprint density at radius 3 is 2.56 bits per heavy atom.